The fourth-order valence-corrected chi connectivity index (χ4v) is 1.95. The van der Waals surface area contributed by atoms with E-state index in [1.807, 2.05) is 6.92 Å². The van der Waals surface area contributed by atoms with E-state index < -0.39 is 6.09 Å². The Morgan fingerprint density at radius 2 is 2.17 bits per heavy atom. The summed E-state index contributed by atoms with van der Waals surface area (Å²) in [6.07, 6.45) is 0.542. The lowest BCUT2D eigenvalue weighted by atomic mass is 10.1. The minimum absolute atomic E-state index is 0.0242. The average molecular weight is 251 g/mol. The zero-order valence-electron chi connectivity index (χ0n) is 10.3. The molecule has 0 aromatic carbocycles. The molecule has 1 aliphatic heterocycles. The second-order valence-corrected chi connectivity index (χ2v) is 4.41. The molecule has 1 aromatic rings. The van der Waals surface area contributed by atoms with Gasteiger partial charge in [0.15, 0.2) is 0 Å². The number of carboxylic acid groups (broad SMARTS) is 1. The Hall–Kier alpha value is -1.98. The summed E-state index contributed by atoms with van der Waals surface area (Å²) in [5.41, 5.74) is 7.07. The molecule has 98 valence electrons. The molecule has 0 unspecified atom stereocenters. The molecule has 0 bridgehead atoms. The topological polar surface area (TPSA) is 88.7 Å². The molecule has 1 fully saturated rings. The van der Waals surface area contributed by atoms with Crippen molar-refractivity contribution in [2.24, 2.45) is 0 Å². The Morgan fingerprint density at radius 1 is 1.50 bits per heavy atom. The van der Waals surface area contributed by atoms with Crippen LogP contribution in [0.5, 0.6) is 5.88 Å². The number of aryl methyl sites for hydroxylation is 1. The Morgan fingerprint density at radius 3 is 2.72 bits per heavy atom. The number of nitrogens with two attached hydrogens (primary N) is 1. The van der Waals surface area contributed by atoms with Gasteiger partial charge < -0.3 is 20.5 Å². The standard InChI is InChI=1S/C12H17N3O3/c1-8-10(13)2-3-11(14-8)18-9-4-6-15(7-5-9)12(16)17/h2-3,9H,4-7,13H2,1H3,(H,16,17). The lowest BCUT2D eigenvalue weighted by Crippen LogP contribution is -2.41. The SMILES string of the molecule is Cc1nc(OC2CCN(C(=O)O)CC2)ccc1N. The number of amides is 1. The van der Waals surface area contributed by atoms with Crippen molar-refractivity contribution in [2.75, 3.05) is 18.8 Å². The molecular weight excluding hydrogens is 234 g/mol. The molecule has 1 aromatic heterocycles. The van der Waals surface area contributed by atoms with E-state index in [4.69, 9.17) is 15.6 Å². The third kappa shape index (κ3) is 2.82. The number of rotatable bonds is 2. The van der Waals surface area contributed by atoms with Gasteiger partial charge in [-0.15, -0.1) is 0 Å². The first kappa shape index (κ1) is 12.5. The van der Waals surface area contributed by atoms with Gasteiger partial charge in [0.25, 0.3) is 0 Å². The fraction of sp³-hybridized carbons (Fsp3) is 0.500. The van der Waals surface area contributed by atoms with Crippen molar-refractivity contribution >= 4 is 11.8 Å². The highest BCUT2D eigenvalue weighted by Crippen LogP contribution is 2.19. The van der Waals surface area contributed by atoms with Gasteiger partial charge in [0.2, 0.25) is 5.88 Å². The molecule has 18 heavy (non-hydrogen) atoms. The zero-order valence-corrected chi connectivity index (χ0v) is 10.3. The summed E-state index contributed by atoms with van der Waals surface area (Å²) in [6, 6.07) is 3.51. The molecule has 3 N–H and O–H groups in total. The number of piperidine rings is 1. The first-order chi connectivity index (χ1) is 8.56. The summed E-state index contributed by atoms with van der Waals surface area (Å²) in [5.74, 6) is 0.551. The van der Waals surface area contributed by atoms with E-state index in [2.05, 4.69) is 4.98 Å². The van der Waals surface area contributed by atoms with Crippen LogP contribution in [-0.2, 0) is 0 Å². The summed E-state index contributed by atoms with van der Waals surface area (Å²) in [7, 11) is 0. The van der Waals surface area contributed by atoms with Gasteiger partial charge in [-0.3, -0.25) is 0 Å². The van der Waals surface area contributed by atoms with E-state index in [1.165, 1.54) is 4.90 Å². The van der Waals surface area contributed by atoms with Crippen molar-refractivity contribution in [3.63, 3.8) is 0 Å². The van der Waals surface area contributed by atoms with Crippen LogP contribution >= 0.6 is 0 Å². The van der Waals surface area contributed by atoms with E-state index in [0.717, 1.165) is 5.69 Å². The number of nitrogens with zero attached hydrogens (tertiary/aromatic N) is 2. The summed E-state index contributed by atoms with van der Waals surface area (Å²) < 4.78 is 5.73. The van der Waals surface area contributed by atoms with Crippen molar-refractivity contribution in [1.29, 1.82) is 0 Å². The number of ether oxygens (including phenoxy) is 1. The maximum absolute atomic E-state index is 10.8. The predicted molar refractivity (Wildman–Crippen MR) is 66.6 cm³/mol. The Balaban J connectivity index is 1.91. The van der Waals surface area contributed by atoms with Crippen LogP contribution in [0.4, 0.5) is 10.5 Å². The van der Waals surface area contributed by atoms with E-state index >= 15 is 0 Å². The minimum Gasteiger partial charge on any atom is -0.474 e. The highest BCUT2D eigenvalue weighted by atomic mass is 16.5. The van der Waals surface area contributed by atoms with Gasteiger partial charge in [-0.2, -0.15) is 0 Å². The number of likely N-dealkylation sites (tertiary alicyclic amines) is 1. The van der Waals surface area contributed by atoms with Crippen LogP contribution in [0.25, 0.3) is 0 Å². The highest BCUT2D eigenvalue weighted by Gasteiger charge is 2.23. The number of pyridine rings is 1. The normalized spacial score (nSPS) is 16.6. The van der Waals surface area contributed by atoms with Gasteiger partial charge in [-0.1, -0.05) is 0 Å². The van der Waals surface area contributed by atoms with Crippen LogP contribution in [0.2, 0.25) is 0 Å². The van der Waals surface area contributed by atoms with E-state index in [0.29, 0.717) is 37.5 Å². The van der Waals surface area contributed by atoms with Gasteiger partial charge in [0.1, 0.15) is 6.10 Å². The zero-order chi connectivity index (χ0) is 13.1. The molecule has 1 aliphatic rings. The smallest absolute Gasteiger partial charge is 0.407 e. The van der Waals surface area contributed by atoms with Crippen molar-refractivity contribution in [1.82, 2.24) is 9.88 Å². The van der Waals surface area contributed by atoms with Crippen LogP contribution < -0.4 is 10.5 Å². The summed E-state index contributed by atoms with van der Waals surface area (Å²) in [4.78, 5) is 16.4. The molecule has 6 nitrogen and oxygen atoms in total. The van der Waals surface area contributed by atoms with Crippen LogP contribution in [0.15, 0.2) is 12.1 Å². The summed E-state index contributed by atoms with van der Waals surface area (Å²) >= 11 is 0. The molecule has 0 radical (unpaired) electrons. The molecule has 1 amide bonds. The molecule has 2 heterocycles. The Bertz CT molecular complexity index is 442. The largest absolute Gasteiger partial charge is 0.474 e. The lowest BCUT2D eigenvalue weighted by molar-refractivity contribution is 0.0870. The van der Waals surface area contributed by atoms with Gasteiger partial charge in [-0.25, -0.2) is 9.78 Å². The van der Waals surface area contributed by atoms with Crippen LogP contribution in [0.3, 0.4) is 0 Å². The van der Waals surface area contributed by atoms with Gasteiger partial charge in [0, 0.05) is 32.0 Å². The first-order valence-electron chi connectivity index (χ1n) is 5.94. The monoisotopic (exact) mass is 251 g/mol. The number of aromatic nitrogens is 1. The summed E-state index contributed by atoms with van der Waals surface area (Å²) in [6.45, 7) is 2.84. The number of hydrogen-bond acceptors (Lipinski definition) is 4. The van der Waals surface area contributed by atoms with Gasteiger partial charge >= 0.3 is 6.09 Å². The number of anilines is 1. The maximum Gasteiger partial charge on any atom is 0.407 e. The van der Waals surface area contributed by atoms with Gasteiger partial charge in [0.05, 0.1) is 11.4 Å². The highest BCUT2D eigenvalue weighted by molar-refractivity contribution is 5.65. The molecule has 2 rings (SSSR count). The van der Waals surface area contributed by atoms with Gasteiger partial charge in [-0.05, 0) is 13.0 Å². The van der Waals surface area contributed by atoms with Crippen LogP contribution in [-0.4, -0.2) is 40.3 Å². The summed E-state index contributed by atoms with van der Waals surface area (Å²) in [5, 5.41) is 8.84. The van der Waals surface area contributed by atoms with Crippen molar-refractivity contribution in [3.8, 4) is 5.88 Å². The van der Waals surface area contributed by atoms with Crippen LogP contribution in [0.1, 0.15) is 18.5 Å². The molecule has 0 spiro atoms. The fourth-order valence-electron chi connectivity index (χ4n) is 1.95. The maximum atomic E-state index is 10.8. The molecule has 1 saturated heterocycles. The van der Waals surface area contributed by atoms with Crippen LogP contribution in [0, 0.1) is 6.92 Å². The third-order valence-corrected chi connectivity index (χ3v) is 3.10. The van der Waals surface area contributed by atoms with Crippen molar-refractivity contribution < 1.29 is 14.6 Å². The number of nitrogen functional groups attached to an aromatic ring is 1. The third-order valence-electron chi connectivity index (χ3n) is 3.10. The molecule has 0 saturated carbocycles. The van der Waals surface area contributed by atoms with Crippen molar-refractivity contribution in [3.05, 3.63) is 17.8 Å². The van der Waals surface area contributed by atoms with E-state index in [9.17, 15) is 4.79 Å². The molecular formula is C12H17N3O3. The Labute approximate surface area is 105 Å². The van der Waals surface area contributed by atoms with E-state index in [1.54, 1.807) is 12.1 Å². The average Bonchev–Trinajstić information content (AvgIpc) is 2.34. The quantitative estimate of drug-likeness (QED) is 0.831. The number of hydrogen-bond donors (Lipinski definition) is 2. The first-order valence-corrected chi connectivity index (χ1v) is 5.94. The second kappa shape index (κ2) is 5.12. The molecule has 0 aliphatic carbocycles. The second-order valence-electron chi connectivity index (χ2n) is 4.41. The lowest BCUT2D eigenvalue weighted by Gasteiger charge is -2.29. The van der Waals surface area contributed by atoms with E-state index in [-0.39, 0.29) is 6.10 Å². The Kier molecular flexibility index (Phi) is 3.55. The minimum atomic E-state index is -0.866. The molecule has 0 atom stereocenters. The predicted octanol–water partition coefficient (Wildman–Crippen LogP) is 1.49. The number of carbonyl (C=O) groups is 1. The van der Waals surface area contributed by atoms with Crippen molar-refractivity contribution in [2.45, 2.75) is 25.9 Å². The molecule has 6 heteroatoms.